The van der Waals surface area contributed by atoms with E-state index in [2.05, 4.69) is 15.4 Å². The second-order valence-electron chi connectivity index (χ2n) is 3.54. The Hall–Kier alpha value is -1.92. The van der Waals surface area contributed by atoms with Crippen LogP contribution in [0, 0.1) is 6.92 Å². The van der Waals surface area contributed by atoms with Gasteiger partial charge in [0.1, 0.15) is 11.5 Å². The van der Waals surface area contributed by atoms with Crippen LogP contribution in [0.5, 0.6) is 5.88 Å². The Morgan fingerprint density at radius 2 is 2.18 bits per heavy atom. The smallest absolute Gasteiger partial charge is 0.237 e. The number of ether oxygens (including phenoxy) is 1. The molecule has 2 aromatic rings. The number of hydrogen-bond acceptors (Lipinski definition) is 6. The predicted octanol–water partition coefficient (Wildman–Crippen LogP) is 0.939. The third-order valence-corrected chi connectivity index (χ3v) is 2.41. The van der Waals surface area contributed by atoms with Crippen LogP contribution in [0.1, 0.15) is 23.1 Å². The Morgan fingerprint density at radius 1 is 1.41 bits per heavy atom. The molecule has 0 aromatic carbocycles. The standard InChI is InChI=1S/C11H14N4O2/c1-7-5-8(6-17-7)9(15-12)10-11(16-2)14-4-3-13-10/h3-6,9,15H,12H2,1-2H3. The fourth-order valence-electron chi connectivity index (χ4n) is 1.64. The van der Waals surface area contributed by atoms with Crippen molar-refractivity contribution in [3.05, 3.63) is 41.7 Å². The van der Waals surface area contributed by atoms with Gasteiger partial charge >= 0.3 is 0 Å². The van der Waals surface area contributed by atoms with E-state index in [0.29, 0.717) is 11.6 Å². The maximum atomic E-state index is 5.55. The molecule has 0 fully saturated rings. The summed E-state index contributed by atoms with van der Waals surface area (Å²) in [6.07, 6.45) is 4.79. The van der Waals surface area contributed by atoms with Gasteiger partial charge in [-0.15, -0.1) is 0 Å². The zero-order valence-electron chi connectivity index (χ0n) is 9.68. The molecule has 6 heteroatoms. The summed E-state index contributed by atoms with van der Waals surface area (Å²) < 4.78 is 10.4. The van der Waals surface area contributed by atoms with E-state index in [1.54, 1.807) is 25.8 Å². The van der Waals surface area contributed by atoms with E-state index in [-0.39, 0.29) is 6.04 Å². The van der Waals surface area contributed by atoms with Gasteiger partial charge in [0.05, 0.1) is 19.4 Å². The van der Waals surface area contributed by atoms with Gasteiger partial charge in [-0.25, -0.2) is 10.4 Å². The summed E-state index contributed by atoms with van der Waals surface area (Å²) in [4.78, 5) is 8.32. The zero-order valence-corrected chi connectivity index (χ0v) is 9.68. The number of nitrogens with two attached hydrogens (primary N) is 1. The Labute approximate surface area is 98.8 Å². The number of aryl methyl sites for hydroxylation is 1. The number of methoxy groups -OCH3 is 1. The summed E-state index contributed by atoms with van der Waals surface area (Å²) in [5.41, 5.74) is 4.18. The lowest BCUT2D eigenvalue weighted by molar-refractivity contribution is 0.382. The summed E-state index contributed by atoms with van der Waals surface area (Å²) in [7, 11) is 1.54. The van der Waals surface area contributed by atoms with Gasteiger partial charge in [0, 0.05) is 18.0 Å². The molecular formula is C11H14N4O2. The van der Waals surface area contributed by atoms with E-state index in [1.807, 2.05) is 13.0 Å². The van der Waals surface area contributed by atoms with E-state index in [0.717, 1.165) is 11.3 Å². The van der Waals surface area contributed by atoms with Crippen molar-refractivity contribution in [2.75, 3.05) is 7.11 Å². The van der Waals surface area contributed by atoms with Gasteiger partial charge in [-0.05, 0) is 13.0 Å². The summed E-state index contributed by atoms with van der Waals surface area (Å²) in [6.45, 7) is 1.87. The van der Waals surface area contributed by atoms with E-state index in [4.69, 9.17) is 15.0 Å². The first kappa shape index (κ1) is 11.6. The molecule has 0 radical (unpaired) electrons. The number of furan rings is 1. The quantitative estimate of drug-likeness (QED) is 0.604. The zero-order chi connectivity index (χ0) is 12.3. The van der Waals surface area contributed by atoms with Crippen molar-refractivity contribution in [3.8, 4) is 5.88 Å². The Kier molecular flexibility index (Phi) is 3.36. The van der Waals surface area contributed by atoms with E-state index >= 15 is 0 Å². The first-order valence-corrected chi connectivity index (χ1v) is 5.12. The normalized spacial score (nSPS) is 12.4. The van der Waals surface area contributed by atoms with E-state index in [1.165, 1.54) is 0 Å². The van der Waals surface area contributed by atoms with Gasteiger partial charge in [0.25, 0.3) is 0 Å². The average molecular weight is 234 g/mol. The van der Waals surface area contributed by atoms with Crippen molar-refractivity contribution < 1.29 is 9.15 Å². The molecule has 17 heavy (non-hydrogen) atoms. The Bertz CT molecular complexity index is 498. The SMILES string of the molecule is COc1nccnc1C(NN)c1coc(C)c1. The summed E-state index contributed by atoms with van der Waals surface area (Å²) in [5, 5.41) is 0. The van der Waals surface area contributed by atoms with Crippen LogP contribution in [0.4, 0.5) is 0 Å². The highest BCUT2D eigenvalue weighted by Crippen LogP contribution is 2.26. The fourth-order valence-corrected chi connectivity index (χ4v) is 1.64. The molecular weight excluding hydrogens is 220 g/mol. The second kappa shape index (κ2) is 4.94. The molecule has 2 heterocycles. The molecule has 2 rings (SSSR count). The highest BCUT2D eigenvalue weighted by Gasteiger charge is 2.20. The molecule has 3 N–H and O–H groups in total. The minimum absolute atomic E-state index is 0.309. The molecule has 0 amide bonds. The van der Waals surface area contributed by atoms with Crippen LogP contribution in [0.3, 0.4) is 0 Å². The number of aromatic nitrogens is 2. The first-order valence-electron chi connectivity index (χ1n) is 5.12. The van der Waals surface area contributed by atoms with E-state index in [9.17, 15) is 0 Å². The van der Waals surface area contributed by atoms with Crippen LogP contribution in [0.15, 0.2) is 29.1 Å². The van der Waals surface area contributed by atoms with Crippen LogP contribution >= 0.6 is 0 Å². The number of rotatable bonds is 4. The highest BCUT2D eigenvalue weighted by molar-refractivity contribution is 5.31. The number of nitrogens with zero attached hydrogens (tertiary/aromatic N) is 2. The van der Waals surface area contributed by atoms with Gasteiger partial charge in [-0.1, -0.05) is 0 Å². The predicted molar refractivity (Wildman–Crippen MR) is 61.2 cm³/mol. The fraction of sp³-hybridized carbons (Fsp3) is 0.273. The van der Waals surface area contributed by atoms with E-state index < -0.39 is 0 Å². The van der Waals surface area contributed by atoms with Crippen LogP contribution < -0.4 is 16.0 Å². The van der Waals surface area contributed by atoms with Crippen molar-refractivity contribution in [2.45, 2.75) is 13.0 Å². The lowest BCUT2D eigenvalue weighted by Gasteiger charge is -2.15. The number of hydrazine groups is 1. The highest BCUT2D eigenvalue weighted by atomic mass is 16.5. The first-order chi connectivity index (χ1) is 8.26. The van der Waals surface area contributed by atoms with Crippen molar-refractivity contribution in [1.29, 1.82) is 0 Å². The number of nitrogens with one attached hydrogen (secondary N) is 1. The molecule has 2 aromatic heterocycles. The molecule has 0 saturated carbocycles. The minimum atomic E-state index is -0.309. The van der Waals surface area contributed by atoms with Crippen molar-refractivity contribution >= 4 is 0 Å². The molecule has 1 atom stereocenters. The monoisotopic (exact) mass is 234 g/mol. The van der Waals surface area contributed by atoms with Gasteiger partial charge in [0.2, 0.25) is 5.88 Å². The van der Waals surface area contributed by atoms with Crippen LogP contribution in [-0.4, -0.2) is 17.1 Å². The summed E-state index contributed by atoms with van der Waals surface area (Å²) in [6, 6.07) is 1.58. The van der Waals surface area contributed by atoms with Crippen molar-refractivity contribution in [2.24, 2.45) is 5.84 Å². The third-order valence-electron chi connectivity index (χ3n) is 2.41. The summed E-state index contributed by atoms with van der Waals surface area (Å²) in [5.74, 6) is 6.80. The molecule has 0 spiro atoms. The molecule has 90 valence electrons. The topological polar surface area (TPSA) is 86.2 Å². The Morgan fingerprint density at radius 3 is 2.76 bits per heavy atom. The maximum absolute atomic E-state index is 5.55. The molecule has 1 unspecified atom stereocenters. The van der Waals surface area contributed by atoms with Gasteiger partial charge < -0.3 is 9.15 Å². The molecule has 0 aliphatic carbocycles. The van der Waals surface area contributed by atoms with Gasteiger partial charge in [-0.2, -0.15) is 0 Å². The average Bonchev–Trinajstić information content (AvgIpc) is 2.77. The maximum Gasteiger partial charge on any atom is 0.237 e. The third kappa shape index (κ3) is 2.27. The minimum Gasteiger partial charge on any atom is -0.480 e. The lowest BCUT2D eigenvalue weighted by Crippen LogP contribution is -2.29. The second-order valence-corrected chi connectivity index (χ2v) is 3.54. The van der Waals surface area contributed by atoms with Crippen molar-refractivity contribution in [1.82, 2.24) is 15.4 Å². The van der Waals surface area contributed by atoms with Crippen molar-refractivity contribution in [3.63, 3.8) is 0 Å². The largest absolute Gasteiger partial charge is 0.480 e. The lowest BCUT2D eigenvalue weighted by atomic mass is 10.1. The summed E-state index contributed by atoms with van der Waals surface area (Å²) >= 11 is 0. The molecule has 0 aliphatic heterocycles. The molecule has 0 aliphatic rings. The number of hydrogen-bond donors (Lipinski definition) is 2. The molecule has 6 nitrogen and oxygen atoms in total. The molecule has 0 saturated heterocycles. The van der Waals surface area contributed by atoms with Crippen LogP contribution in [0.25, 0.3) is 0 Å². The van der Waals surface area contributed by atoms with Gasteiger partial charge in [0.15, 0.2) is 0 Å². The molecule has 0 bridgehead atoms. The van der Waals surface area contributed by atoms with Crippen LogP contribution in [0.2, 0.25) is 0 Å². The van der Waals surface area contributed by atoms with Crippen LogP contribution in [-0.2, 0) is 0 Å². The van der Waals surface area contributed by atoms with Gasteiger partial charge in [-0.3, -0.25) is 10.8 Å². The Balaban J connectivity index is 2.41.